The fourth-order valence-electron chi connectivity index (χ4n) is 3.13. The minimum absolute atomic E-state index is 0.117. The Balaban J connectivity index is 2.05. The van der Waals surface area contributed by atoms with Crippen LogP contribution in [0.5, 0.6) is 0 Å². The maximum atomic E-state index is 12.5. The molecular weight excluding hydrogens is 346 g/mol. The normalized spacial score (nSPS) is 17.0. The van der Waals surface area contributed by atoms with Crippen molar-refractivity contribution in [2.24, 2.45) is 0 Å². The lowest BCUT2D eigenvalue weighted by atomic mass is 10.1. The first-order valence-electron chi connectivity index (χ1n) is 8.76. The van der Waals surface area contributed by atoms with E-state index in [1.54, 1.807) is 29.3 Å². The van der Waals surface area contributed by atoms with Crippen molar-refractivity contribution in [3.05, 3.63) is 60.0 Å². The maximum Gasteiger partial charge on any atom is 0.355 e. The number of hydrogen-bond donors (Lipinski definition) is 1. The van der Waals surface area contributed by atoms with Crippen LogP contribution in [0.3, 0.4) is 0 Å². The number of methoxy groups -OCH3 is 2. The predicted octanol–water partition coefficient (Wildman–Crippen LogP) is 1.59. The zero-order chi connectivity index (χ0) is 19.2. The molecule has 1 fully saturated rings. The van der Waals surface area contributed by atoms with Crippen LogP contribution in [0.4, 0.5) is 11.4 Å². The Labute approximate surface area is 158 Å². The largest absolute Gasteiger partial charge is 0.465 e. The number of nitrogens with zero attached hydrogens (tertiary/aromatic N) is 2. The van der Waals surface area contributed by atoms with Crippen LogP contribution in [-0.4, -0.2) is 52.3 Å². The molecule has 3 rings (SSSR count). The minimum atomic E-state index is -0.612. The summed E-state index contributed by atoms with van der Waals surface area (Å²) in [5, 5.41) is 3.33. The summed E-state index contributed by atoms with van der Waals surface area (Å²) >= 11 is 0. The first kappa shape index (κ1) is 18.7. The Morgan fingerprint density at radius 3 is 2.41 bits per heavy atom. The molecule has 0 amide bonds. The fraction of sp³-hybridized carbons (Fsp3) is 0.300. The molecule has 2 heterocycles. The molecule has 0 atom stereocenters. The molecule has 142 valence electrons. The summed E-state index contributed by atoms with van der Waals surface area (Å²) in [6.07, 6.45) is 6.73. The topological polar surface area (TPSA) is 71.1 Å². The number of allylic oxidation sites excluding steroid dienone is 2. The van der Waals surface area contributed by atoms with Gasteiger partial charge in [0.15, 0.2) is 0 Å². The number of ether oxygens (including phenoxy) is 2. The molecule has 1 aromatic carbocycles. The van der Waals surface area contributed by atoms with E-state index in [0.717, 1.165) is 37.6 Å². The molecule has 0 aromatic heterocycles. The van der Waals surface area contributed by atoms with Crippen molar-refractivity contribution in [1.29, 1.82) is 0 Å². The molecule has 0 saturated carbocycles. The van der Waals surface area contributed by atoms with Crippen molar-refractivity contribution >= 4 is 23.3 Å². The van der Waals surface area contributed by atoms with Gasteiger partial charge in [0.25, 0.3) is 0 Å². The Morgan fingerprint density at radius 1 is 1.00 bits per heavy atom. The summed E-state index contributed by atoms with van der Waals surface area (Å²) in [6, 6.07) is 7.86. The number of benzene rings is 1. The van der Waals surface area contributed by atoms with Crippen molar-refractivity contribution in [2.45, 2.75) is 0 Å². The van der Waals surface area contributed by atoms with Gasteiger partial charge in [-0.25, -0.2) is 9.59 Å². The molecule has 2 aliphatic rings. The molecule has 0 radical (unpaired) electrons. The monoisotopic (exact) mass is 369 g/mol. The quantitative estimate of drug-likeness (QED) is 0.808. The van der Waals surface area contributed by atoms with Crippen molar-refractivity contribution in [2.75, 3.05) is 50.2 Å². The first-order chi connectivity index (χ1) is 13.2. The summed E-state index contributed by atoms with van der Waals surface area (Å²) in [6.45, 7) is 3.68. The van der Waals surface area contributed by atoms with Crippen molar-refractivity contribution in [3.63, 3.8) is 0 Å². The van der Waals surface area contributed by atoms with E-state index in [1.165, 1.54) is 14.2 Å². The standard InChI is InChI=1S/C20H23N3O4/c1-26-19(24)17-8-3-4-11-23(18(17)20(25)27-2)16-7-5-6-15(14-16)22-12-9-21-10-13-22/h3-8,11,14,21H,9-10,12-13H2,1-2H3. The molecule has 0 bridgehead atoms. The average molecular weight is 369 g/mol. The van der Waals surface area contributed by atoms with Crippen molar-refractivity contribution in [3.8, 4) is 0 Å². The molecule has 0 aliphatic carbocycles. The van der Waals surface area contributed by atoms with E-state index in [2.05, 4.69) is 10.2 Å². The number of esters is 2. The number of hydrogen-bond acceptors (Lipinski definition) is 7. The van der Waals surface area contributed by atoms with E-state index in [1.807, 2.05) is 24.3 Å². The van der Waals surface area contributed by atoms with Gasteiger partial charge in [0.1, 0.15) is 5.70 Å². The van der Waals surface area contributed by atoms with Gasteiger partial charge >= 0.3 is 11.9 Å². The van der Waals surface area contributed by atoms with Gasteiger partial charge in [0.05, 0.1) is 19.8 Å². The van der Waals surface area contributed by atoms with Gasteiger partial charge in [-0.3, -0.25) is 0 Å². The molecule has 0 spiro atoms. The Morgan fingerprint density at radius 2 is 1.70 bits per heavy atom. The summed E-state index contributed by atoms with van der Waals surface area (Å²) in [7, 11) is 2.57. The van der Waals surface area contributed by atoms with E-state index in [4.69, 9.17) is 9.47 Å². The summed E-state index contributed by atoms with van der Waals surface area (Å²) in [4.78, 5) is 28.7. The molecular formula is C20H23N3O4. The van der Waals surface area contributed by atoms with E-state index in [-0.39, 0.29) is 11.3 Å². The van der Waals surface area contributed by atoms with Gasteiger partial charge in [0.2, 0.25) is 0 Å². The van der Waals surface area contributed by atoms with Gasteiger partial charge in [-0.05, 0) is 30.4 Å². The van der Waals surface area contributed by atoms with Gasteiger partial charge in [-0.1, -0.05) is 12.1 Å². The first-order valence-corrected chi connectivity index (χ1v) is 8.76. The van der Waals surface area contributed by atoms with E-state index in [0.29, 0.717) is 0 Å². The minimum Gasteiger partial charge on any atom is -0.465 e. The molecule has 27 heavy (non-hydrogen) atoms. The highest BCUT2D eigenvalue weighted by Crippen LogP contribution is 2.29. The number of piperazine rings is 1. The van der Waals surface area contributed by atoms with E-state index in [9.17, 15) is 9.59 Å². The summed E-state index contributed by atoms with van der Waals surface area (Å²) in [5.74, 6) is -1.21. The Hall–Kier alpha value is -3.06. The van der Waals surface area contributed by atoms with Crippen LogP contribution in [0.25, 0.3) is 0 Å². The lowest BCUT2D eigenvalue weighted by molar-refractivity contribution is -0.139. The zero-order valence-electron chi connectivity index (χ0n) is 15.5. The highest BCUT2D eigenvalue weighted by Gasteiger charge is 2.27. The second-order valence-electron chi connectivity index (χ2n) is 6.07. The maximum absolute atomic E-state index is 12.5. The highest BCUT2D eigenvalue weighted by molar-refractivity contribution is 6.05. The van der Waals surface area contributed by atoms with Crippen LogP contribution in [-0.2, 0) is 19.1 Å². The van der Waals surface area contributed by atoms with Crippen LogP contribution in [0.2, 0.25) is 0 Å². The van der Waals surface area contributed by atoms with Crippen molar-refractivity contribution < 1.29 is 19.1 Å². The number of anilines is 2. The second kappa shape index (κ2) is 8.55. The zero-order valence-corrected chi connectivity index (χ0v) is 15.5. The Bertz CT molecular complexity index is 807. The molecule has 7 heteroatoms. The lowest BCUT2D eigenvalue weighted by Crippen LogP contribution is -2.43. The lowest BCUT2D eigenvalue weighted by Gasteiger charge is -2.31. The smallest absolute Gasteiger partial charge is 0.355 e. The van der Waals surface area contributed by atoms with Crippen LogP contribution in [0, 0.1) is 0 Å². The average Bonchev–Trinajstić information content (AvgIpc) is 2.96. The summed E-state index contributed by atoms with van der Waals surface area (Å²) in [5.41, 5.74) is 2.07. The number of nitrogens with one attached hydrogen (secondary N) is 1. The molecule has 1 saturated heterocycles. The SMILES string of the molecule is COC(=O)C1=C(C(=O)OC)N(c2cccc(N3CCNCC3)c2)C=CC=C1. The number of carbonyl (C=O) groups is 2. The van der Waals surface area contributed by atoms with Crippen LogP contribution >= 0.6 is 0 Å². The highest BCUT2D eigenvalue weighted by atomic mass is 16.5. The second-order valence-corrected chi connectivity index (χ2v) is 6.07. The third-order valence-electron chi connectivity index (χ3n) is 4.48. The van der Waals surface area contributed by atoms with E-state index >= 15 is 0 Å². The van der Waals surface area contributed by atoms with Crippen LogP contribution in [0.15, 0.2) is 60.0 Å². The van der Waals surface area contributed by atoms with Gasteiger partial charge in [0, 0.05) is 43.8 Å². The summed E-state index contributed by atoms with van der Waals surface area (Å²) < 4.78 is 9.78. The van der Waals surface area contributed by atoms with Crippen LogP contribution < -0.4 is 15.1 Å². The van der Waals surface area contributed by atoms with Crippen LogP contribution in [0.1, 0.15) is 0 Å². The van der Waals surface area contributed by atoms with E-state index < -0.39 is 11.9 Å². The number of carbonyl (C=O) groups excluding carboxylic acids is 2. The van der Waals surface area contributed by atoms with Crippen molar-refractivity contribution in [1.82, 2.24) is 5.32 Å². The van der Waals surface area contributed by atoms with Gasteiger partial charge in [-0.2, -0.15) is 0 Å². The van der Waals surface area contributed by atoms with Gasteiger partial charge < -0.3 is 24.6 Å². The predicted molar refractivity (Wildman–Crippen MR) is 103 cm³/mol. The molecule has 0 unspecified atom stereocenters. The molecule has 2 aliphatic heterocycles. The van der Waals surface area contributed by atoms with Gasteiger partial charge in [-0.15, -0.1) is 0 Å². The third kappa shape index (κ3) is 4.03. The fourth-order valence-corrected chi connectivity index (χ4v) is 3.13. The molecule has 7 nitrogen and oxygen atoms in total. The molecule has 1 aromatic rings. The third-order valence-corrected chi connectivity index (χ3v) is 4.48. The molecule has 1 N–H and O–H groups in total. The Kier molecular flexibility index (Phi) is 5.93. The number of rotatable bonds is 4.